The van der Waals surface area contributed by atoms with Crippen molar-refractivity contribution in [3.63, 3.8) is 0 Å². The first-order chi connectivity index (χ1) is 6.95. The van der Waals surface area contributed by atoms with Gasteiger partial charge in [-0.3, -0.25) is 0 Å². The van der Waals surface area contributed by atoms with Crippen LogP contribution in [-0.4, -0.2) is 22.4 Å². The molecule has 14 heavy (non-hydrogen) atoms. The van der Waals surface area contributed by atoms with E-state index in [0.717, 1.165) is 11.4 Å². The van der Waals surface area contributed by atoms with E-state index in [1.165, 1.54) is 0 Å². The summed E-state index contributed by atoms with van der Waals surface area (Å²) in [4.78, 5) is 6.00. The van der Waals surface area contributed by atoms with Crippen LogP contribution in [0.25, 0.3) is 0 Å². The largest absolute Gasteiger partial charge is 0.360 e. The molecule has 0 unspecified atom stereocenters. The Bertz CT molecular complexity index is 367. The van der Waals surface area contributed by atoms with Crippen LogP contribution in [0.4, 0.5) is 0 Å². The van der Waals surface area contributed by atoms with Gasteiger partial charge in [0.25, 0.3) is 0 Å². The van der Waals surface area contributed by atoms with E-state index in [0.29, 0.717) is 0 Å². The third-order valence-electron chi connectivity index (χ3n) is 1.70. The van der Waals surface area contributed by atoms with Gasteiger partial charge in [0.1, 0.15) is 0 Å². The third kappa shape index (κ3) is 2.20. The van der Waals surface area contributed by atoms with E-state index >= 15 is 0 Å². The fraction of sp³-hybridized carbons (Fsp3) is 0. The predicted octanol–water partition coefficient (Wildman–Crippen LogP) is 1.80. The average Bonchev–Trinajstić information content (AvgIpc) is 2.86. The molecule has 0 aliphatic carbocycles. The summed E-state index contributed by atoms with van der Waals surface area (Å²) in [5.74, 6) is 0. The summed E-state index contributed by atoms with van der Waals surface area (Å²) in [6.07, 6.45) is 7.02. The Morgan fingerprint density at radius 2 is 1.36 bits per heavy atom. The van der Waals surface area contributed by atoms with Crippen molar-refractivity contribution in [3.05, 3.63) is 48.0 Å². The quantitative estimate of drug-likeness (QED) is 0.542. The number of aromatic nitrogens is 2. The number of H-pyrrole nitrogens is 2. The second kappa shape index (κ2) is 4.23. The molecule has 0 aliphatic heterocycles. The molecule has 2 aromatic rings. The molecule has 0 saturated carbocycles. The summed E-state index contributed by atoms with van der Waals surface area (Å²) in [5, 5.41) is 7.76. The van der Waals surface area contributed by atoms with Crippen LogP contribution < -0.4 is 0 Å². The molecule has 2 N–H and O–H groups in total. The summed E-state index contributed by atoms with van der Waals surface area (Å²) < 4.78 is 0. The number of hydrogen-bond acceptors (Lipinski definition) is 2. The third-order valence-corrected chi connectivity index (χ3v) is 1.70. The van der Waals surface area contributed by atoms with E-state index in [9.17, 15) is 0 Å². The Balaban J connectivity index is 1.94. The van der Waals surface area contributed by atoms with Crippen molar-refractivity contribution in [2.75, 3.05) is 0 Å². The van der Waals surface area contributed by atoms with Crippen LogP contribution in [0.1, 0.15) is 11.4 Å². The van der Waals surface area contributed by atoms with Crippen LogP contribution >= 0.6 is 0 Å². The van der Waals surface area contributed by atoms with Gasteiger partial charge in [0.2, 0.25) is 0 Å². The van der Waals surface area contributed by atoms with E-state index in [1.54, 1.807) is 12.4 Å². The molecule has 2 heterocycles. The number of hydrogen-bond donors (Lipinski definition) is 2. The van der Waals surface area contributed by atoms with Crippen molar-refractivity contribution in [3.8, 4) is 0 Å². The second-order valence-electron chi connectivity index (χ2n) is 2.74. The molecule has 0 aliphatic rings. The topological polar surface area (TPSA) is 56.3 Å². The highest BCUT2D eigenvalue weighted by Gasteiger charge is 1.84. The standard InChI is InChI=1S/C10H10N4/c1-3-9(11-5-1)7-13-14-8-10-4-2-6-12-10/h1-8,11-12H/b13-7+,14-8+. The first-order valence-electron chi connectivity index (χ1n) is 4.28. The van der Waals surface area contributed by atoms with Gasteiger partial charge in [-0.25, -0.2) is 0 Å². The van der Waals surface area contributed by atoms with E-state index in [2.05, 4.69) is 20.2 Å². The van der Waals surface area contributed by atoms with Crippen molar-refractivity contribution in [1.29, 1.82) is 0 Å². The van der Waals surface area contributed by atoms with Gasteiger partial charge >= 0.3 is 0 Å². The van der Waals surface area contributed by atoms with Gasteiger partial charge in [-0.05, 0) is 24.3 Å². The lowest BCUT2D eigenvalue weighted by Gasteiger charge is -1.82. The minimum absolute atomic E-state index is 0.939. The zero-order valence-electron chi connectivity index (χ0n) is 7.51. The van der Waals surface area contributed by atoms with Crippen molar-refractivity contribution < 1.29 is 0 Å². The molecule has 0 aromatic carbocycles. The molecule has 0 bridgehead atoms. The van der Waals surface area contributed by atoms with Crippen LogP contribution in [-0.2, 0) is 0 Å². The molecular weight excluding hydrogens is 176 g/mol. The fourth-order valence-corrected chi connectivity index (χ4v) is 1.04. The summed E-state index contributed by atoms with van der Waals surface area (Å²) in [7, 11) is 0. The van der Waals surface area contributed by atoms with E-state index < -0.39 is 0 Å². The molecule has 0 fully saturated rings. The maximum atomic E-state index is 3.88. The maximum Gasteiger partial charge on any atom is 0.0730 e. The van der Waals surface area contributed by atoms with E-state index in [-0.39, 0.29) is 0 Å². The fourth-order valence-electron chi connectivity index (χ4n) is 1.04. The average molecular weight is 186 g/mol. The van der Waals surface area contributed by atoms with Crippen molar-refractivity contribution in [2.24, 2.45) is 10.2 Å². The first kappa shape index (κ1) is 8.50. The van der Waals surface area contributed by atoms with Crippen molar-refractivity contribution >= 4 is 12.4 Å². The number of rotatable bonds is 3. The molecule has 2 aromatic heterocycles. The summed E-state index contributed by atoms with van der Waals surface area (Å²) >= 11 is 0. The summed E-state index contributed by atoms with van der Waals surface area (Å²) in [6.45, 7) is 0. The molecule has 70 valence electrons. The lowest BCUT2D eigenvalue weighted by atomic mass is 10.5. The predicted molar refractivity (Wildman–Crippen MR) is 56.8 cm³/mol. The molecule has 0 saturated heterocycles. The zero-order chi connectivity index (χ0) is 9.64. The second-order valence-corrected chi connectivity index (χ2v) is 2.74. The maximum absolute atomic E-state index is 3.88. The minimum Gasteiger partial charge on any atom is -0.360 e. The van der Waals surface area contributed by atoms with Crippen LogP contribution in [0, 0.1) is 0 Å². The van der Waals surface area contributed by atoms with Crippen LogP contribution in [0.2, 0.25) is 0 Å². The first-order valence-corrected chi connectivity index (χ1v) is 4.28. The molecule has 0 amide bonds. The Morgan fingerprint density at radius 3 is 1.71 bits per heavy atom. The monoisotopic (exact) mass is 186 g/mol. The van der Waals surface area contributed by atoms with Gasteiger partial charge in [0, 0.05) is 12.4 Å². The van der Waals surface area contributed by atoms with E-state index in [1.807, 2.05) is 36.7 Å². The van der Waals surface area contributed by atoms with Gasteiger partial charge in [-0.2, -0.15) is 10.2 Å². The molecule has 4 heteroatoms. The zero-order valence-corrected chi connectivity index (χ0v) is 7.51. The normalized spacial score (nSPS) is 11.7. The van der Waals surface area contributed by atoms with Crippen molar-refractivity contribution in [1.82, 2.24) is 9.97 Å². The van der Waals surface area contributed by atoms with Gasteiger partial charge in [-0.1, -0.05) is 0 Å². The molecule has 2 rings (SSSR count). The highest BCUT2D eigenvalue weighted by atomic mass is 15.2. The number of nitrogens with one attached hydrogen (secondary N) is 2. The number of aromatic amines is 2. The number of nitrogens with zero attached hydrogens (tertiary/aromatic N) is 2. The lowest BCUT2D eigenvalue weighted by molar-refractivity contribution is 1.24. The Hall–Kier alpha value is -2.10. The van der Waals surface area contributed by atoms with Gasteiger partial charge in [0.15, 0.2) is 0 Å². The molecule has 4 nitrogen and oxygen atoms in total. The lowest BCUT2D eigenvalue weighted by Crippen LogP contribution is -1.79. The van der Waals surface area contributed by atoms with Crippen LogP contribution in [0.3, 0.4) is 0 Å². The smallest absolute Gasteiger partial charge is 0.0730 e. The molecule has 0 radical (unpaired) electrons. The van der Waals surface area contributed by atoms with Crippen LogP contribution in [0.5, 0.6) is 0 Å². The molecular formula is C10H10N4. The highest BCUT2D eigenvalue weighted by molar-refractivity contribution is 5.80. The van der Waals surface area contributed by atoms with Gasteiger partial charge < -0.3 is 9.97 Å². The Morgan fingerprint density at radius 1 is 0.857 bits per heavy atom. The summed E-state index contributed by atoms with van der Waals surface area (Å²) in [6, 6.07) is 7.67. The van der Waals surface area contributed by atoms with Crippen LogP contribution in [0.15, 0.2) is 46.9 Å². The van der Waals surface area contributed by atoms with Gasteiger partial charge in [-0.15, -0.1) is 0 Å². The Labute approximate surface area is 81.4 Å². The molecule has 0 atom stereocenters. The van der Waals surface area contributed by atoms with Crippen molar-refractivity contribution in [2.45, 2.75) is 0 Å². The highest BCUT2D eigenvalue weighted by Crippen LogP contribution is 1.91. The SMILES string of the molecule is C(=N\N=C\c1ccc[nH]1)/c1ccc[nH]1. The Kier molecular flexibility index (Phi) is 2.56. The van der Waals surface area contributed by atoms with Gasteiger partial charge in [0.05, 0.1) is 23.8 Å². The minimum atomic E-state index is 0.939. The molecule has 0 spiro atoms. The summed E-state index contributed by atoms with van der Waals surface area (Å²) in [5.41, 5.74) is 1.88. The van der Waals surface area contributed by atoms with E-state index in [4.69, 9.17) is 0 Å².